The van der Waals surface area contributed by atoms with Crippen LogP contribution >= 0.6 is 15.9 Å². The first-order chi connectivity index (χ1) is 10.7. The summed E-state index contributed by atoms with van der Waals surface area (Å²) in [6, 6.07) is 7.59. The third kappa shape index (κ3) is 5.59. The van der Waals surface area contributed by atoms with Crippen LogP contribution in [0.4, 0.5) is 20.6 Å². The van der Waals surface area contributed by atoms with Gasteiger partial charge in [-0.2, -0.15) is 0 Å². The van der Waals surface area contributed by atoms with Crippen LogP contribution in [-0.4, -0.2) is 11.7 Å². The Morgan fingerprint density at radius 2 is 2.00 bits per heavy atom. The number of halogens is 2. The fourth-order valence-electron chi connectivity index (χ4n) is 1.81. The molecule has 2 N–H and O–H groups in total. The monoisotopic (exact) mass is 384 g/mol. The lowest BCUT2D eigenvalue weighted by Crippen LogP contribution is -2.27. The van der Waals surface area contributed by atoms with Crippen molar-refractivity contribution in [3.05, 3.63) is 46.6 Å². The molecule has 0 fully saturated rings. The number of carbonyl (C=O) groups is 1. The molecule has 7 heteroatoms. The van der Waals surface area contributed by atoms with Crippen LogP contribution in [0.25, 0.3) is 0 Å². The number of furan rings is 1. The van der Waals surface area contributed by atoms with Crippen molar-refractivity contribution in [3.63, 3.8) is 0 Å². The fourth-order valence-corrected chi connectivity index (χ4v) is 2.15. The van der Waals surface area contributed by atoms with Gasteiger partial charge >= 0.3 is 6.09 Å². The maximum Gasteiger partial charge on any atom is 0.412 e. The number of nitrogens with one attached hydrogen (secondary N) is 2. The molecule has 1 amide bonds. The molecular formula is C16H18BrFN2O3. The lowest BCUT2D eigenvalue weighted by molar-refractivity contribution is 0.0636. The molecule has 0 aliphatic rings. The highest BCUT2D eigenvalue weighted by Gasteiger charge is 2.17. The highest BCUT2D eigenvalue weighted by Crippen LogP contribution is 2.25. The van der Waals surface area contributed by atoms with Crippen molar-refractivity contribution < 1.29 is 18.3 Å². The van der Waals surface area contributed by atoms with Gasteiger partial charge in [-0.05, 0) is 67.0 Å². The van der Waals surface area contributed by atoms with Crippen molar-refractivity contribution in [1.82, 2.24) is 0 Å². The van der Waals surface area contributed by atoms with Crippen molar-refractivity contribution in [2.45, 2.75) is 32.9 Å². The first kappa shape index (κ1) is 17.3. The van der Waals surface area contributed by atoms with Crippen LogP contribution in [0.3, 0.4) is 0 Å². The summed E-state index contributed by atoms with van der Waals surface area (Å²) in [4.78, 5) is 11.9. The Morgan fingerprint density at radius 3 is 2.61 bits per heavy atom. The second kappa shape index (κ2) is 7.04. The zero-order valence-electron chi connectivity index (χ0n) is 13.1. The number of anilines is 2. The molecule has 0 unspecified atom stereocenters. The first-order valence-corrected chi connectivity index (χ1v) is 7.80. The number of rotatable bonds is 4. The van der Waals surface area contributed by atoms with Gasteiger partial charge in [0.25, 0.3) is 0 Å². The van der Waals surface area contributed by atoms with Gasteiger partial charge in [-0.1, -0.05) is 0 Å². The molecule has 23 heavy (non-hydrogen) atoms. The second-order valence-corrected chi connectivity index (χ2v) is 6.66. The molecule has 2 aromatic rings. The van der Waals surface area contributed by atoms with E-state index in [1.54, 1.807) is 32.9 Å². The van der Waals surface area contributed by atoms with Crippen molar-refractivity contribution in [2.75, 3.05) is 10.6 Å². The highest BCUT2D eigenvalue weighted by molar-refractivity contribution is 9.10. The molecule has 0 bridgehead atoms. The van der Waals surface area contributed by atoms with Gasteiger partial charge in [-0.3, -0.25) is 5.32 Å². The highest BCUT2D eigenvalue weighted by atomic mass is 79.9. The van der Waals surface area contributed by atoms with Crippen molar-refractivity contribution in [3.8, 4) is 0 Å². The van der Waals surface area contributed by atoms with Crippen LogP contribution in [0.2, 0.25) is 0 Å². The molecule has 0 aliphatic heterocycles. The molecule has 0 saturated carbocycles. The Balaban J connectivity index is 2.09. The zero-order valence-corrected chi connectivity index (χ0v) is 14.7. The van der Waals surface area contributed by atoms with Crippen LogP contribution in [0.1, 0.15) is 26.5 Å². The van der Waals surface area contributed by atoms with Gasteiger partial charge in [0.15, 0.2) is 4.67 Å². The average Bonchev–Trinajstić information content (AvgIpc) is 2.82. The number of hydrogen-bond acceptors (Lipinski definition) is 4. The minimum absolute atomic E-state index is 0.345. The summed E-state index contributed by atoms with van der Waals surface area (Å²) < 4.78 is 24.6. The van der Waals surface area contributed by atoms with Gasteiger partial charge < -0.3 is 14.5 Å². The number of hydrogen-bond donors (Lipinski definition) is 2. The first-order valence-electron chi connectivity index (χ1n) is 7.00. The predicted octanol–water partition coefficient (Wildman–Crippen LogP) is 5.14. The van der Waals surface area contributed by atoms with Crippen LogP contribution in [0, 0.1) is 5.82 Å². The summed E-state index contributed by atoms with van der Waals surface area (Å²) in [5.74, 6) is 0.257. The van der Waals surface area contributed by atoms with Crippen LogP contribution in [-0.2, 0) is 11.3 Å². The molecule has 124 valence electrons. The van der Waals surface area contributed by atoms with E-state index in [-0.39, 0.29) is 0 Å². The molecule has 0 saturated heterocycles. The average molecular weight is 385 g/mol. The van der Waals surface area contributed by atoms with E-state index in [0.717, 1.165) is 0 Å². The molecular weight excluding hydrogens is 367 g/mol. The molecule has 0 atom stereocenters. The second-order valence-electron chi connectivity index (χ2n) is 5.88. The third-order valence-electron chi connectivity index (χ3n) is 2.70. The SMILES string of the molecule is CC(C)(C)OC(=O)Nc1ccc(F)cc1NCc1ccc(Br)o1. The van der Waals surface area contributed by atoms with E-state index in [1.807, 2.05) is 0 Å². The van der Waals surface area contributed by atoms with Gasteiger partial charge in [0.05, 0.1) is 17.9 Å². The molecule has 5 nitrogen and oxygen atoms in total. The molecule has 0 radical (unpaired) electrons. The third-order valence-corrected chi connectivity index (χ3v) is 3.13. The van der Waals surface area contributed by atoms with Gasteiger partial charge in [0.1, 0.15) is 17.2 Å². The van der Waals surface area contributed by atoms with E-state index >= 15 is 0 Å². The summed E-state index contributed by atoms with van der Waals surface area (Å²) in [5, 5.41) is 5.63. The fraction of sp³-hybridized carbons (Fsp3) is 0.312. The van der Waals surface area contributed by atoms with E-state index in [4.69, 9.17) is 9.15 Å². The quantitative estimate of drug-likeness (QED) is 0.765. The number of benzene rings is 1. The molecule has 0 spiro atoms. The van der Waals surface area contributed by atoms with E-state index in [9.17, 15) is 9.18 Å². The van der Waals surface area contributed by atoms with Gasteiger partial charge in [0.2, 0.25) is 0 Å². The molecule has 0 aliphatic carbocycles. The Kier molecular flexibility index (Phi) is 5.30. The number of carbonyl (C=O) groups excluding carboxylic acids is 1. The predicted molar refractivity (Wildman–Crippen MR) is 90.0 cm³/mol. The van der Waals surface area contributed by atoms with Gasteiger partial charge in [-0.15, -0.1) is 0 Å². The summed E-state index contributed by atoms with van der Waals surface area (Å²) in [6.45, 7) is 5.65. The minimum Gasteiger partial charge on any atom is -0.452 e. The van der Waals surface area contributed by atoms with Gasteiger partial charge in [-0.25, -0.2) is 9.18 Å². The molecule has 2 rings (SSSR count). The standard InChI is InChI=1S/C16H18BrFN2O3/c1-16(2,3)23-15(21)20-12-6-4-10(18)8-13(12)19-9-11-5-7-14(17)22-11/h4-8,19H,9H2,1-3H3,(H,20,21). The summed E-state index contributed by atoms with van der Waals surface area (Å²) in [5.41, 5.74) is 0.243. The summed E-state index contributed by atoms with van der Waals surface area (Å²) in [6.07, 6.45) is -0.604. The van der Waals surface area contributed by atoms with E-state index in [1.165, 1.54) is 18.2 Å². The minimum atomic E-state index is -0.613. The smallest absolute Gasteiger partial charge is 0.412 e. The normalized spacial score (nSPS) is 11.2. The Hall–Kier alpha value is -2.02. The van der Waals surface area contributed by atoms with Crippen LogP contribution in [0.5, 0.6) is 0 Å². The van der Waals surface area contributed by atoms with Crippen LogP contribution in [0.15, 0.2) is 39.4 Å². The topological polar surface area (TPSA) is 63.5 Å². The molecule has 1 aromatic carbocycles. The Labute approximate surface area is 142 Å². The van der Waals surface area contributed by atoms with Gasteiger partial charge in [0, 0.05) is 0 Å². The van der Waals surface area contributed by atoms with Crippen LogP contribution < -0.4 is 10.6 Å². The van der Waals surface area contributed by atoms with Crippen molar-refractivity contribution >= 4 is 33.4 Å². The van der Waals surface area contributed by atoms with Crippen molar-refractivity contribution in [2.24, 2.45) is 0 Å². The van der Waals surface area contributed by atoms with Crippen molar-refractivity contribution in [1.29, 1.82) is 0 Å². The van der Waals surface area contributed by atoms with E-state index in [0.29, 0.717) is 28.3 Å². The maximum atomic E-state index is 13.5. The maximum absolute atomic E-state index is 13.5. The lowest BCUT2D eigenvalue weighted by atomic mass is 10.2. The Morgan fingerprint density at radius 1 is 1.26 bits per heavy atom. The molecule has 1 heterocycles. The van der Waals surface area contributed by atoms with E-state index < -0.39 is 17.5 Å². The van der Waals surface area contributed by atoms with E-state index in [2.05, 4.69) is 26.6 Å². The summed E-state index contributed by atoms with van der Waals surface area (Å²) in [7, 11) is 0. The largest absolute Gasteiger partial charge is 0.452 e. The molecule has 1 aromatic heterocycles. The lowest BCUT2D eigenvalue weighted by Gasteiger charge is -2.20. The Bertz CT molecular complexity index is 695. The number of amides is 1. The zero-order chi connectivity index (χ0) is 17.0. The number of ether oxygens (including phenoxy) is 1. The summed E-state index contributed by atoms with van der Waals surface area (Å²) >= 11 is 3.22.